The van der Waals surface area contributed by atoms with Crippen molar-refractivity contribution < 1.29 is 9.21 Å². The molecule has 6 nitrogen and oxygen atoms in total. The Hall–Kier alpha value is -2.21. The molecule has 0 spiro atoms. The molecule has 0 bridgehead atoms. The number of hydrogen-bond donors (Lipinski definition) is 1. The van der Waals surface area contributed by atoms with E-state index in [2.05, 4.69) is 20.2 Å². The maximum atomic E-state index is 12.1. The largest absolute Gasteiger partial charge is 0.436 e. The molecule has 1 saturated carbocycles. The van der Waals surface area contributed by atoms with Crippen LogP contribution in [0, 0.1) is 5.92 Å². The van der Waals surface area contributed by atoms with Gasteiger partial charge in [0.2, 0.25) is 0 Å². The number of fused-ring (bicyclic) bond motifs is 1. The summed E-state index contributed by atoms with van der Waals surface area (Å²) >= 11 is 0. The molecule has 0 unspecified atom stereocenters. The van der Waals surface area contributed by atoms with Gasteiger partial charge in [-0.1, -0.05) is 0 Å². The zero-order valence-corrected chi connectivity index (χ0v) is 13.0. The lowest BCUT2D eigenvalue weighted by Gasteiger charge is -2.12. The highest BCUT2D eigenvalue weighted by molar-refractivity contribution is 5.89. The van der Waals surface area contributed by atoms with E-state index in [1.54, 1.807) is 12.4 Å². The zero-order chi connectivity index (χ0) is 15.6. The Labute approximate surface area is 134 Å². The molecule has 2 aromatic heterocycles. The normalized spacial score (nSPS) is 17.2. The third kappa shape index (κ3) is 3.42. The average Bonchev–Trinajstić information content (AvgIpc) is 3.15. The Kier molecular flexibility index (Phi) is 3.83. The maximum Gasteiger partial charge on any atom is 0.307 e. The fourth-order valence-electron chi connectivity index (χ4n) is 2.94. The summed E-state index contributed by atoms with van der Waals surface area (Å²) in [6.45, 7) is 3.27. The van der Waals surface area contributed by atoms with Crippen LogP contribution < -0.4 is 5.32 Å². The first-order chi connectivity index (χ1) is 11.3. The molecule has 1 amide bonds. The number of carbonyl (C=O) groups is 1. The molecule has 6 heteroatoms. The van der Waals surface area contributed by atoms with E-state index < -0.39 is 0 Å². The molecule has 120 valence electrons. The Morgan fingerprint density at radius 2 is 2.13 bits per heavy atom. The molecular formula is C17H20N4O2. The van der Waals surface area contributed by atoms with Gasteiger partial charge in [-0.05, 0) is 42.9 Å². The van der Waals surface area contributed by atoms with Crippen LogP contribution in [0.3, 0.4) is 0 Å². The average molecular weight is 312 g/mol. The number of nitrogens with one attached hydrogen (secondary N) is 1. The molecule has 1 aliphatic heterocycles. The van der Waals surface area contributed by atoms with Crippen molar-refractivity contribution in [1.29, 1.82) is 0 Å². The molecule has 0 aromatic carbocycles. The van der Waals surface area contributed by atoms with Crippen LogP contribution in [0.4, 0.5) is 0 Å². The van der Waals surface area contributed by atoms with Crippen LogP contribution in [0.1, 0.15) is 40.5 Å². The summed E-state index contributed by atoms with van der Waals surface area (Å²) in [5.41, 5.74) is 2.07. The zero-order valence-electron chi connectivity index (χ0n) is 13.0. The molecule has 1 fully saturated rings. The number of hydrogen-bond acceptors (Lipinski definition) is 5. The number of nitrogens with zero attached hydrogens (tertiary/aromatic N) is 3. The van der Waals surface area contributed by atoms with Crippen molar-refractivity contribution in [1.82, 2.24) is 20.2 Å². The van der Waals surface area contributed by atoms with Crippen molar-refractivity contribution in [3.05, 3.63) is 47.4 Å². The van der Waals surface area contributed by atoms with Crippen molar-refractivity contribution in [2.45, 2.75) is 32.4 Å². The van der Waals surface area contributed by atoms with E-state index in [0.717, 1.165) is 49.0 Å². The summed E-state index contributed by atoms with van der Waals surface area (Å²) in [6.07, 6.45) is 6.96. The van der Waals surface area contributed by atoms with Gasteiger partial charge < -0.3 is 9.73 Å². The highest BCUT2D eigenvalue weighted by Gasteiger charge is 2.31. The molecule has 0 radical (unpaired) electrons. The number of aromatic nitrogens is 2. The van der Waals surface area contributed by atoms with E-state index in [4.69, 9.17) is 4.42 Å². The quantitative estimate of drug-likeness (QED) is 0.880. The standard InChI is InChI=1S/C17H20N4O2/c22-16(19-8-5-12-3-6-18-7-4-12)17-20-14-10-21(9-13-1-2-13)11-15(14)23-17/h3-4,6-7,13H,1-2,5,8-11H2,(H,19,22). The second-order valence-electron chi connectivity index (χ2n) is 6.36. The van der Waals surface area contributed by atoms with Crippen molar-refractivity contribution in [2.75, 3.05) is 13.1 Å². The third-order valence-electron chi connectivity index (χ3n) is 4.37. The van der Waals surface area contributed by atoms with Crippen molar-refractivity contribution in [2.24, 2.45) is 5.92 Å². The minimum absolute atomic E-state index is 0.191. The molecule has 1 N–H and O–H groups in total. The van der Waals surface area contributed by atoms with Crippen LogP contribution in [-0.4, -0.2) is 33.9 Å². The summed E-state index contributed by atoms with van der Waals surface area (Å²) in [7, 11) is 0. The number of rotatable bonds is 6. The van der Waals surface area contributed by atoms with Gasteiger partial charge in [-0.2, -0.15) is 0 Å². The lowest BCUT2D eigenvalue weighted by Crippen LogP contribution is -2.26. The van der Waals surface area contributed by atoms with Gasteiger partial charge in [-0.25, -0.2) is 4.98 Å². The van der Waals surface area contributed by atoms with Crippen LogP contribution >= 0.6 is 0 Å². The van der Waals surface area contributed by atoms with E-state index in [9.17, 15) is 4.79 Å². The molecule has 2 aliphatic rings. The van der Waals surface area contributed by atoms with Crippen molar-refractivity contribution in [3.63, 3.8) is 0 Å². The second-order valence-corrected chi connectivity index (χ2v) is 6.36. The lowest BCUT2D eigenvalue weighted by atomic mass is 10.2. The van der Waals surface area contributed by atoms with E-state index in [1.807, 2.05) is 12.1 Å². The maximum absolute atomic E-state index is 12.1. The van der Waals surface area contributed by atoms with Gasteiger partial charge in [0.15, 0.2) is 0 Å². The molecule has 2 aromatic rings. The van der Waals surface area contributed by atoms with E-state index in [1.165, 1.54) is 12.8 Å². The van der Waals surface area contributed by atoms with Crippen LogP contribution in [-0.2, 0) is 19.5 Å². The van der Waals surface area contributed by atoms with Gasteiger partial charge in [-0.3, -0.25) is 14.7 Å². The van der Waals surface area contributed by atoms with Gasteiger partial charge in [-0.15, -0.1) is 0 Å². The molecule has 1 aliphatic carbocycles. The number of oxazole rings is 1. The van der Waals surface area contributed by atoms with Crippen LogP contribution in [0.15, 0.2) is 28.9 Å². The highest BCUT2D eigenvalue weighted by atomic mass is 16.4. The molecular weight excluding hydrogens is 292 g/mol. The predicted molar refractivity (Wildman–Crippen MR) is 83.6 cm³/mol. The third-order valence-corrected chi connectivity index (χ3v) is 4.37. The van der Waals surface area contributed by atoms with Crippen LogP contribution in [0.5, 0.6) is 0 Å². The van der Waals surface area contributed by atoms with Crippen LogP contribution in [0.25, 0.3) is 0 Å². The van der Waals surface area contributed by atoms with E-state index in [-0.39, 0.29) is 11.8 Å². The Balaban J connectivity index is 1.28. The summed E-state index contributed by atoms with van der Waals surface area (Å²) in [5, 5.41) is 2.86. The topological polar surface area (TPSA) is 71.3 Å². The van der Waals surface area contributed by atoms with E-state index in [0.29, 0.717) is 6.54 Å². The van der Waals surface area contributed by atoms with Crippen molar-refractivity contribution in [3.8, 4) is 0 Å². The van der Waals surface area contributed by atoms with Gasteiger partial charge in [0, 0.05) is 32.0 Å². The number of pyridine rings is 1. The molecule has 0 saturated heterocycles. The smallest absolute Gasteiger partial charge is 0.307 e. The monoisotopic (exact) mass is 312 g/mol. The minimum atomic E-state index is -0.234. The first kappa shape index (κ1) is 14.4. The Bertz CT molecular complexity index is 670. The van der Waals surface area contributed by atoms with Gasteiger partial charge >= 0.3 is 5.91 Å². The first-order valence-corrected chi connectivity index (χ1v) is 8.16. The fraction of sp³-hybridized carbons (Fsp3) is 0.471. The summed E-state index contributed by atoms with van der Waals surface area (Å²) in [5.74, 6) is 1.66. The predicted octanol–water partition coefficient (Wildman–Crippen LogP) is 1.77. The Morgan fingerprint density at radius 3 is 2.87 bits per heavy atom. The lowest BCUT2D eigenvalue weighted by molar-refractivity contribution is 0.0915. The second kappa shape index (κ2) is 6.12. The summed E-state index contributed by atoms with van der Waals surface area (Å²) < 4.78 is 5.65. The van der Waals surface area contributed by atoms with Gasteiger partial charge in [0.1, 0.15) is 5.76 Å². The molecule has 4 rings (SSSR count). The SMILES string of the molecule is O=C(NCCc1ccncc1)c1nc2c(o1)CN(CC1CC1)C2. The van der Waals surface area contributed by atoms with Gasteiger partial charge in [0.25, 0.3) is 5.89 Å². The molecule has 3 heterocycles. The van der Waals surface area contributed by atoms with Crippen molar-refractivity contribution >= 4 is 5.91 Å². The van der Waals surface area contributed by atoms with Crippen LogP contribution in [0.2, 0.25) is 0 Å². The Morgan fingerprint density at radius 1 is 1.30 bits per heavy atom. The fourth-order valence-corrected chi connectivity index (χ4v) is 2.94. The number of amides is 1. The minimum Gasteiger partial charge on any atom is -0.436 e. The van der Waals surface area contributed by atoms with Gasteiger partial charge in [0.05, 0.1) is 12.2 Å². The number of carbonyl (C=O) groups excluding carboxylic acids is 1. The van der Waals surface area contributed by atoms with E-state index >= 15 is 0 Å². The summed E-state index contributed by atoms with van der Waals surface area (Å²) in [6, 6.07) is 3.89. The first-order valence-electron chi connectivity index (χ1n) is 8.16. The molecule has 0 atom stereocenters. The summed E-state index contributed by atoms with van der Waals surface area (Å²) in [4.78, 5) is 22.8. The highest BCUT2D eigenvalue weighted by Crippen LogP contribution is 2.33. The molecule has 23 heavy (non-hydrogen) atoms.